The van der Waals surface area contributed by atoms with Crippen LogP contribution in [0.1, 0.15) is 11.1 Å². The highest BCUT2D eigenvalue weighted by Gasteiger charge is 2.20. The second-order valence-electron chi connectivity index (χ2n) is 8.31. The van der Waals surface area contributed by atoms with E-state index in [0.29, 0.717) is 89.9 Å². The van der Waals surface area contributed by atoms with Crippen LogP contribution >= 0.6 is 0 Å². The summed E-state index contributed by atoms with van der Waals surface area (Å²) in [6, 6.07) is 12.1. The number of aliphatic hydroxyl groups is 1. The van der Waals surface area contributed by atoms with Crippen molar-refractivity contribution < 1.29 is 47.7 Å². The monoisotopic (exact) mass is 536 g/mol. The Hall–Kier alpha value is -2.60. The molecule has 1 N–H and O–H groups in total. The number of hydrogen-bond acceptors (Lipinski definition) is 10. The number of fused-ring (bicyclic) bond motifs is 1. The minimum atomic E-state index is 0.0241. The molecule has 0 amide bonds. The Morgan fingerprint density at radius 2 is 1.29 bits per heavy atom. The highest BCUT2D eigenvalue weighted by molar-refractivity contribution is 5.55. The first-order valence-corrected chi connectivity index (χ1v) is 13.0. The summed E-state index contributed by atoms with van der Waals surface area (Å²) in [5, 5.41) is 8.59. The average molecular weight is 537 g/mol. The molecule has 38 heavy (non-hydrogen) atoms. The number of benzene rings is 2. The van der Waals surface area contributed by atoms with Crippen molar-refractivity contribution in [2.45, 2.75) is 12.8 Å². The Labute approximate surface area is 224 Å². The van der Waals surface area contributed by atoms with Crippen LogP contribution < -0.4 is 18.9 Å². The third kappa shape index (κ3) is 11.4. The molecular formula is C28H40O10. The molecule has 212 valence electrons. The predicted octanol–water partition coefficient (Wildman–Crippen LogP) is 2.66. The van der Waals surface area contributed by atoms with Gasteiger partial charge in [0.05, 0.1) is 79.8 Å². The lowest BCUT2D eigenvalue weighted by molar-refractivity contribution is -0.0147. The van der Waals surface area contributed by atoms with Crippen molar-refractivity contribution in [1.82, 2.24) is 0 Å². The summed E-state index contributed by atoms with van der Waals surface area (Å²) in [5.74, 6) is 2.87. The van der Waals surface area contributed by atoms with Crippen LogP contribution in [0.15, 0.2) is 36.4 Å². The van der Waals surface area contributed by atoms with Crippen molar-refractivity contribution in [2.24, 2.45) is 0 Å². The highest BCUT2D eigenvalue weighted by atomic mass is 16.7. The molecule has 2 aromatic carbocycles. The second kappa shape index (κ2) is 18.6. The van der Waals surface area contributed by atoms with Gasteiger partial charge in [0.2, 0.25) is 12.5 Å². The number of aryl methyl sites for hydroxylation is 2. The number of rotatable bonds is 22. The molecule has 0 aliphatic carbocycles. The van der Waals surface area contributed by atoms with Gasteiger partial charge < -0.3 is 47.7 Å². The fourth-order valence-electron chi connectivity index (χ4n) is 3.66. The molecule has 10 heteroatoms. The van der Waals surface area contributed by atoms with E-state index in [1.54, 1.807) is 7.11 Å². The van der Waals surface area contributed by atoms with E-state index < -0.39 is 0 Å². The number of ether oxygens (including phenoxy) is 9. The van der Waals surface area contributed by atoms with Gasteiger partial charge in [-0.2, -0.15) is 0 Å². The zero-order valence-corrected chi connectivity index (χ0v) is 22.2. The van der Waals surface area contributed by atoms with Crippen molar-refractivity contribution in [1.29, 1.82) is 0 Å². The Balaban J connectivity index is 1.23. The molecule has 0 spiro atoms. The van der Waals surface area contributed by atoms with Gasteiger partial charge in [-0.05, 0) is 48.2 Å². The summed E-state index contributed by atoms with van der Waals surface area (Å²) in [4.78, 5) is 0. The SMILES string of the molecule is COc1cccc(CCc2cc(OCCOCCOCCOCCOCCOCCO)c3c(c2)OCO3)c1. The molecule has 1 aliphatic rings. The molecule has 0 unspecified atom stereocenters. The van der Waals surface area contributed by atoms with Crippen LogP contribution in [-0.4, -0.2) is 98.3 Å². The molecule has 0 atom stereocenters. The van der Waals surface area contributed by atoms with Crippen LogP contribution in [-0.2, 0) is 36.5 Å². The average Bonchev–Trinajstić information content (AvgIpc) is 3.42. The van der Waals surface area contributed by atoms with Crippen LogP contribution in [0.25, 0.3) is 0 Å². The van der Waals surface area contributed by atoms with Crippen molar-refractivity contribution in [2.75, 3.05) is 93.2 Å². The van der Waals surface area contributed by atoms with Crippen molar-refractivity contribution >= 4 is 0 Å². The quantitative estimate of drug-likeness (QED) is 0.226. The van der Waals surface area contributed by atoms with E-state index >= 15 is 0 Å². The molecule has 0 bridgehead atoms. The van der Waals surface area contributed by atoms with Gasteiger partial charge in [-0.3, -0.25) is 0 Å². The summed E-state index contributed by atoms with van der Waals surface area (Å²) >= 11 is 0. The lowest BCUT2D eigenvalue weighted by Gasteiger charge is -2.12. The van der Waals surface area contributed by atoms with E-state index in [1.807, 2.05) is 24.3 Å². The summed E-state index contributed by atoms with van der Waals surface area (Å²) < 4.78 is 49.5. The highest BCUT2D eigenvalue weighted by Crippen LogP contribution is 2.42. The Morgan fingerprint density at radius 1 is 0.684 bits per heavy atom. The van der Waals surface area contributed by atoms with E-state index in [-0.39, 0.29) is 13.4 Å². The van der Waals surface area contributed by atoms with Gasteiger partial charge in [-0.1, -0.05) is 12.1 Å². The normalized spacial score (nSPS) is 12.2. The number of aliphatic hydroxyl groups excluding tert-OH is 1. The summed E-state index contributed by atoms with van der Waals surface area (Å²) in [5.41, 5.74) is 2.32. The molecule has 2 aromatic rings. The largest absolute Gasteiger partial charge is 0.497 e. The maximum atomic E-state index is 8.59. The first-order chi connectivity index (χ1) is 18.8. The fourth-order valence-corrected chi connectivity index (χ4v) is 3.66. The summed E-state index contributed by atoms with van der Waals surface area (Å²) in [7, 11) is 1.67. The summed E-state index contributed by atoms with van der Waals surface area (Å²) in [6.45, 7) is 5.26. The molecule has 0 radical (unpaired) electrons. The van der Waals surface area contributed by atoms with Gasteiger partial charge in [0.15, 0.2) is 11.5 Å². The Morgan fingerprint density at radius 3 is 1.92 bits per heavy atom. The van der Waals surface area contributed by atoms with Gasteiger partial charge in [0, 0.05) is 0 Å². The van der Waals surface area contributed by atoms with Crippen molar-refractivity contribution in [3.8, 4) is 23.0 Å². The topological polar surface area (TPSA) is 103 Å². The Bertz CT molecular complexity index is 907. The van der Waals surface area contributed by atoms with E-state index in [1.165, 1.54) is 5.56 Å². The molecule has 1 aliphatic heterocycles. The zero-order chi connectivity index (χ0) is 26.7. The molecule has 0 aromatic heterocycles. The van der Waals surface area contributed by atoms with E-state index in [9.17, 15) is 0 Å². The van der Waals surface area contributed by atoms with Crippen LogP contribution in [0, 0.1) is 0 Å². The third-order valence-electron chi connectivity index (χ3n) is 5.54. The standard InChI is InChI=1S/C28H40O10/c1-30-25-4-2-3-23(19-25)5-6-24-20-26(28-27(21-24)37-22-38-28)36-18-17-35-16-15-34-14-13-33-12-11-32-10-9-31-8-7-29/h2-4,19-21,29H,5-18,22H2,1H3. The number of methoxy groups -OCH3 is 1. The third-order valence-corrected chi connectivity index (χ3v) is 5.54. The molecule has 3 rings (SSSR count). The first kappa shape index (κ1) is 29.9. The van der Waals surface area contributed by atoms with Crippen LogP contribution in [0.2, 0.25) is 0 Å². The van der Waals surface area contributed by atoms with Gasteiger partial charge >= 0.3 is 0 Å². The predicted molar refractivity (Wildman–Crippen MR) is 140 cm³/mol. The Kier molecular flexibility index (Phi) is 14.7. The van der Waals surface area contributed by atoms with Gasteiger partial charge in [0.1, 0.15) is 12.4 Å². The van der Waals surface area contributed by atoms with E-state index in [2.05, 4.69) is 12.1 Å². The first-order valence-electron chi connectivity index (χ1n) is 13.0. The minimum Gasteiger partial charge on any atom is -0.497 e. The number of hydrogen-bond donors (Lipinski definition) is 1. The molecule has 1 heterocycles. The minimum absolute atomic E-state index is 0.0241. The van der Waals surface area contributed by atoms with Gasteiger partial charge in [-0.25, -0.2) is 0 Å². The van der Waals surface area contributed by atoms with Gasteiger partial charge in [0.25, 0.3) is 0 Å². The van der Waals surface area contributed by atoms with Crippen molar-refractivity contribution in [3.05, 3.63) is 47.5 Å². The lowest BCUT2D eigenvalue weighted by atomic mass is 10.0. The fraction of sp³-hybridized carbons (Fsp3) is 0.571. The van der Waals surface area contributed by atoms with Crippen LogP contribution in [0.3, 0.4) is 0 Å². The smallest absolute Gasteiger partial charge is 0.231 e. The second-order valence-corrected chi connectivity index (χ2v) is 8.31. The lowest BCUT2D eigenvalue weighted by Crippen LogP contribution is -2.14. The van der Waals surface area contributed by atoms with Crippen LogP contribution in [0.5, 0.6) is 23.0 Å². The summed E-state index contributed by atoms with van der Waals surface area (Å²) in [6.07, 6.45) is 1.71. The van der Waals surface area contributed by atoms with Crippen LogP contribution in [0.4, 0.5) is 0 Å². The molecule has 0 saturated heterocycles. The van der Waals surface area contributed by atoms with E-state index in [0.717, 1.165) is 24.2 Å². The molecule has 10 nitrogen and oxygen atoms in total. The molecular weight excluding hydrogens is 496 g/mol. The van der Waals surface area contributed by atoms with Crippen molar-refractivity contribution in [3.63, 3.8) is 0 Å². The maximum absolute atomic E-state index is 8.59. The van der Waals surface area contributed by atoms with Gasteiger partial charge in [-0.15, -0.1) is 0 Å². The molecule has 0 fully saturated rings. The maximum Gasteiger partial charge on any atom is 0.231 e. The van der Waals surface area contributed by atoms with E-state index in [4.69, 9.17) is 47.7 Å². The molecule has 0 saturated carbocycles. The zero-order valence-electron chi connectivity index (χ0n) is 22.2.